The molecule has 0 fully saturated rings. The molecule has 1 aliphatic heterocycles. The first-order valence-corrected chi connectivity index (χ1v) is 29.6. The van der Waals surface area contributed by atoms with Crippen LogP contribution in [0.5, 0.6) is 46.0 Å². The number of ether oxygens (including phenoxy) is 10. The maximum absolute atomic E-state index is 12.9. The van der Waals surface area contributed by atoms with Crippen LogP contribution in [0.25, 0.3) is 0 Å². The highest BCUT2D eigenvalue weighted by molar-refractivity contribution is 5.92. The van der Waals surface area contributed by atoms with Gasteiger partial charge in [-0.25, -0.2) is 9.59 Å². The summed E-state index contributed by atoms with van der Waals surface area (Å²) in [5, 5.41) is 0. The lowest BCUT2D eigenvalue weighted by atomic mass is 10.1. The zero-order valence-electron chi connectivity index (χ0n) is 48.0. The molecule has 0 atom stereocenters. The third-order valence-electron chi connectivity index (χ3n) is 13.4. The molecule has 0 saturated heterocycles. The van der Waals surface area contributed by atoms with Gasteiger partial charge in [0.15, 0.2) is 23.0 Å². The van der Waals surface area contributed by atoms with Crippen molar-refractivity contribution in [1.82, 2.24) is 0 Å². The van der Waals surface area contributed by atoms with Crippen molar-refractivity contribution in [2.24, 2.45) is 9.98 Å². The summed E-state index contributed by atoms with van der Waals surface area (Å²) in [4.78, 5) is 35.2. The second kappa shape index (κ2) is 36.6. The van der Waals surface area contributed by atoms with Crippen LogP contribution >= 0.6 is 0 Å². The van der Waals surface area contributed by atoms with Crippen LogP contribution in [-0.4, -0.2) is 90.4 Å². The Kier molecular flexibility index (Phi) is 27.7. The van der Waals surface area contributed by atoms with E-state index >= 15 is 0 Å². The number of hydrogen-bond acceptors (Lipinski definition) is 14. The number of benzene rings is 6. The first kappa shape index (κ1) is 61.9. The minimum absolute atomic E-state index is 0.260. The highest BCUT2D eigenvalue weighted by Gasteiger charge is 2.13. The van der Waals surface area contributed by atoms with Gasteiger partial charge < -0.3 is 47.4 Å². The Balaban J connectivity index is 0.815. The van der Waals surface area contributed by atoms with E-state index in [1.54, 1.807) is 61.0 Å². The van der Waals surface area contributed by atoms with Crippen molar-refractivity contribution in [3.63, 3.8) is 0 Å². The lowest BCUT2D eigenvalue weighted by Gasteiger charge is -2.16. The average Bonchev–Trinajstić information content (AvgIpc) is 3.53. The minimum atomic E-state index is -0.444. The number of carbonyl (C=O) groups excluding carboxylic acids is 2. The first-order valence-electron chi connectivity index (χ1n) is 29.6. The van der Waals surface area contributed by atoms with Gasteiger partial charge in [-0.2, -0.15) is 0 Å². The first-order chi connectivity index (χ1) is 40.4. The van der Waals surface area contributed by atoms with Crippen LogP contribution in [0, 0.1) is 0 Å². The Hall–Kier alpha value is -7.68. The molecule has 0 aliphatic carbocycles. The standard InChI is InChI=1S/C68H82N2O12/c1-3-5-7-9-11-13-15-17-39-75-59-33-23-55(24-34-59)67(71)81-61-29-19-53(20-30-61)51-69-57-27-37-63-65(49-57)79-47-43-73-42-46-78-64-38-28-58(50-66(64)80-48-44-74-41-45-77-63)70-52-54-21-31-62(32-22-54)82-68(72)56-25-35-60(36-26-56)76-40-18-16-14-12-10-8-6-4-2/h19-38,49-52H,3-18,39-48H2,1-2H3. The van der Waals surface area contributed by atoms with Gasteiger partial charge in [-0.1, -0.05) is 104 Å². The van der Waals surface area contributed by atoms with E-state index in [-0.39, 0.29) is 26.4 Å². The Morgan fingerprint density at radius 2 is 0.707 bits per heavy atom. The Labute approximate surface area is 485 Å². The summed E-state index contributed by atoms with van der Waals surface area (Å²) in [5.74, 6) is 3.57. The molecule has 0 amide bonds. The number of rotatable bonds is 28. The number of fused-ring (bicyclic) bond motifs is 2. The molecule has 0 bridgehead atoms. The van der Waals surface area contributed by atoms with Crippen LogP contribution in [0.4, 0.5) is 11.4 Å². The van der Waals surface area contributed by atoms with E-state index in [9.17, 15) is 9.59 Å². The van der Waals surface area contributed by atoms with Gasteiger partial charge in [0.25, 0.3) is 0 Å². The fraction of sp³-hybridized carbons (Fsp3) is 0.412. The fourth-order valence-corrected chi connectivity index (χ4v) is 8.76. The topological polar surface area (TPSA) is 151 Å². The molecule has 0 N–H and O–H groups in total. The summed E-state index contributed by atoms with van der Waals surface area (Å²) in [6, 6.07) is 39.4. The van der Waals surface area contributed by atoms with E-state index in [1.807, 2.05) is 84.9 Å². The van der Waals surface area contributed by atoms with E-state index in [0.29, 0.717) is 96.6 Å². The second-order valence-corrected chi connectivity index (χ2v) is 20.0. The van der Waals surface area contributed by atoms with Gasteiger partial charge in [0, 0.05) is 24.6 Å². The largest absolute Gasteiger partial charge is 0.494 e. The second-order valence-electron chi connectivity index (χ2n) is 20.0. The molecule has 14 heteroatoms. The van der Waals surface area contributed by atoms with Crippen molar-refractivity contribution in [1.29, 1.82) is 0 Å². The molecule has 14 nitrogen and oxygen atoms in total. The molecular weight excluding hydrogens is 1040 g/mol. The third-order valence-corrected chi connectivity index (χ3v) is 13.4. The Bertz CT molecular complexity index is 2640. The number of esters is 2. The Morgan fingerprint density at radius 3 is 1.07 bits per heavy atom. The molecule has 1 aliphatic rings. The van der Waals surface area contributed by atoms with Gasteiger partial charge in [0.05, 0.1) is 62.1 Å². The summed E-state index contributed by atoms with van der Waals surface area (Å²) in [5.41, 5.74) is 3.83. The SMILES string of the molecule is CCCCCCCCCCOc1ccc(C(=O)Oc2ccc(C=Nc3ccc4c(c3)OCCOCCOc3ccc(N=Cc5ccc(OC(=O)c6ccc(OCCCCCCCCCC)cc6)cc5)cc3OCCOCCO4)cc2)cc1. The molecule has 0 saturated carbocycles. The van der Waals surface area contributed by atoms with E-state index in [2.05, 4.69) is 23.8 Å². The van der Waals surface area contributed by atoms with Gasteiger partial charge >= 0.3 is 11.9 Å². The van der Waals surface area contributed by atoms with Crippen molar-refractivity contribution < 1.29 is 57.0 Å². The number of aliphatic imine (C=N–C) groups is 2. The monoisotopic (exact) mass is 1120 g/mol. The van der Waals surface area contributed by atoms with Gasteiger partial charge in [-0.3, -0.25) is 9.98 Å². The predicted octanol–water partition coefficient (Wildman–Crippen LogP) is 15.9. The van der Waals surface area contributed by atoms with Crippen LogP contribution in [0.3, 0.4) is 0 Å². The zero-order chi connectivity index (χ0) is 57.1. The lowest BCUT2D eigenvalue weighted by Crippen LogP contribution is -2.15. The molecule has 1 heterocycles. The fourth-order valence-electron chi connectivity index (χ4n) is 8.76. The summed E-state index contributed by atoms with van der Waals surface area (Å²) in [7, 11) is 0. The van der Waals surface area contributed by atoms with Crippen molar-refractivity contribution in [2.75, 3.05) is 66.1 Å². The van der Waals surface area contributed by atoms with Crippen LogP contribution in [0.15, 0.2) is 143 Å². The van der Waals surface area contributed by atoms with Gasteiger partial charge in [0.1, 0.15) is 49.4 Å². The average molecular weight is 1120 g/mol. The molecule has 0 radical (unpaired) electrons. The van der Waals surface area contributed by atoms with Crippen LogP contribution < -0.4 is 37.9 Å². The molecule has 436 valence electrons. The Morgan fingerprint density at radius 1 is 0.378 bits per heavy atom. The van der Waals surface area contributed by atoms with E-state index < -0.39 is 11.9 Å². The van der Waals surface area contributed by atoms with Gasteiger partial charge in [-0.15, -0.1) is 0 Å². The predicted molar refractivity (Wildman–Crippen MR) is 323 cm³/mol. The van der Waals surface area contributed by atoms with Crippen molar-refractivity contribution in [2.45, 2.75) is 117 Å². The van der Waals surface area contributed by atoms with Gasteiger partial charge in [-0.05, 0) is 145 Å². The summed E-state index contributed by atoms with van der Waals surface area (Å²) in [6.45, 7) is 8.11. The molecule has 0 aromatic heterocycles. The number of unbranched alkanes of at least 4 members (excludes halogenated alkanes) is 14. The summed E-state index contributed by atoms with van der Waals surface area (Å²) < 4.78 is 59.2. The number of hydrogen-bond donors (Lipinski definition) is 0. The smallest absolute Gasteiger partial charge is 0.343 e. The van der Waals surface area contributed by atoms with E-state index in [1.165, 1.54) is 89.9 Å². The highest BCUT2D eigenvalue weighted by Crippen LogP contribution is 2.34. The van der Waals surface area contributed by atoms with Crippen molar-refractivity contribution in [3.8, 4) is 46.0 Å². The normalized spacial score (nSPS) is 13.3. The summed E-state index contributed by atoms with van der Waals surface area (Å²) in [6.07, 6.45) is 23.4. The third kappa shape index (κ3) is 23.1. The molecule has 0 unspecified atom stereocenters. The van der Waals surface area contributed by atoms with Crippen LogP contribution in [0.1, 0.15) is 148 Å². The van der Waals surface area contributed by atoms with Crippen LogP contribution in [-0.2, 0) is 9.47 Å². The van der Waals surface area contributed by atoms with Gasteiger partial charge in [0.2, 0.25) is 0 Å². The molecule has 82 heavy (non-hydrogen) atoms. The number of carbonyl (C=O) groups is 2. The zero-order valence-corrected chi connectivity index (χ0v) is 48.0. The molecular formula is C68H82N2O12. The number of nitrogens with zero attached hydrogens (tertiary/aromatic N) is 2. The summed E-state index contributed by atoms with van der Waals surface area (Å²) >= 11 is 0. The van der Waals surface area contributed by atoms with Crippen molar-refractivity contribution >= 4 is 35.7 Å². The molecule has 0 spiro atoms. The van der Waals surface area contributed by atoms with E-state index in [0.717, 1.165) is 35.5 Å². The lowest BCUT2D eigenvalue weighted by molar-refractivity contribution is 0.0640. The highest BCUT2D eigenvalue weighted by atomic mass is 16.6. The molecule has 6 aromatic carbocycles. The van der Waals surface area contributed by atoms with E-state index in [4.69, 9.17) is 47.4 Å². The van der Waals surface area contributed by atoms with Crippen molar-refractivity contribution in [3.05, 3.63) is 156 Å². The molecule has 6 aromatic rings. The minimum Gasteiger partial charge on any atom is -0.494 e. The maximum Gasteiger partial charge on any atom is 0.343 e. The maximum atomic E-state index is 12.9. The van der Waals surface area contributed by atoms with Crippen LogP contribution in [0.2, 0.25) is 0 Å². The quantitative estimate of drug-likeness (QED) is 0.0199. The molecule has 7 rings (SSSR count).